The topological polar surface area (TPSA) is 68.0 Å². The first-order valence-corrected chi connectivity index (χ1v) is 5.06. The molecule has 2 aromatic heterocycles. The largest absolute Gasteiger partial charge is 0.478 e. The zero-order chi connectivity index (χ0) is 11.9. The van der Waals surface area contributed by atoms with Crippen LogP contribution in [0.1, 0.15) is 35.9 Å². The molecule has 0 aliphatic rings. The Balaban J connectivity index is 2.67. The van der Waals surface area contributed by atoms with Crippen LogP contribution in [0.5, 0.6) is 0 Å². The highest BCUT2D eigenvalue weighted by Crippen LogP contribution is 2.19. The number of aryl methyl sites for hydroxylation is 1. The minimum atomic E-state index is -0.980. The molecule has 0 unspecified atom stereocenters. The van der Waals surface area contributed by atoms with Gasteiger partial charge >= 0.3 is 5.97 Å². The third kappa shape index (κ3) is 1.54. The molecule has 0 fully saturated rings. The summed E-state index contributed by atoms with van der Waals surface area (Å²) in [6.07, 6.45) is 1.36. The first-order chi connectivity index (χ1) is 7.50. The van der Waals surface area contributed by atoms with Crippen molar-refractivity contribution in [3.05, 3.63) is 23.7 Å². The molecule has 5 nitrogen and oxygen atoms in total. The Bertz CT molecular complexity index is 558. The number of carbonyl (C=O) groups is 1. The Morgan fingerprint density at radius 1 is 1.50 bits per heavy atom. The minimum absolute atomic E-state index is 0.168. The molecule has 0 aliphatic heterocycles. The molecule has 1 N–H and O–H groups in total. The minimum Gasteiger partial charge on any atom is -0.478 e. The number of hydrogen-bond acceptors (Lipinski definition) is 3. The van der Waals surface area contributed by atoms with E-state index >= 15 is 0 Å². The smallest absolute Gasteiger partial charge is 0.337 e. The summed E-state index contributed by atoms with van der Waals surface area (Å²) < 4.78 is 1.89. The van der Waals surface area contributed by atoms with E-state index in [2.05, 4.69) is 9.97 Å². The molecule has 5 heteroatoms. The average molecular weight is 219 g/mol. The van der Waals surface area contributed by atoms with Crippen molar-refractivity contribution in [1.29, 1.82) is 0 Å². The second kappa shape index (κ2) is 3.59. The first-order valence-electron chi connectivity index (χ1n) is 5.06. The fourth-order valence-corrected chi connectivity index (χ4v) is 1.73. The lowest BCUT2D eigenvalue weighted by Crippen LogP contribution is -2.00. The van der Waals surface area contributed by atoms with Crippen LogP contribution in [0.3, 0.4) is 0 Å². The number of rotatable bonds is 2. The molecule has 16 heavy (non-hydrogen) atoms. The zero-order valence-corrected chi connectivity index (χ0v) is 9.43. The quantitative estimate of drug-likeness (QED) is 0.836. The second-order valence-electron chi connectivity index (χ2n) is 4.06. The van der Waals surface area contributed by atoms with Crippen molar-refractivity contribution in [2.24, 2.45) is 7.05 Å². The number of carboxylic acid groups (broad SMARTS) is 1. The van der Waals surface area contributed by atoms with E-state index in [4.69, 9.17) is 5.11 Å². The summed E-state index contributed by atoms with van der Waals surface area (Å²) in [5.41, 5.74) is 1.51. The molecule has 2 heterocycles. The molecule has 0 bridgehead atoms. The molecule has 0 amide bonds. The van der Waals surface area contributed by atoms with Crippen LogP contribution in [0.15, 0.2) is 12.3 Å². The maximum absolute atomic E-state index is 10.8. The van der Waals surface area contributed by atoms with Gasteiger partial charge in [0.05, 0.1) is 5.56 Å². The van der Waals surface area contributed by atoms with Gasteiger partial charge in [0.2, 0.25) is 0 Å². The third-order valence-corrected chi connectivity index (χ3v) is 2.51. The van der Waals surface area contributed by atoms with Gasteiger partial charge in [0.1, 0.15) is 11.3 Å². The van der Waals surface area contributed by atoms with Crippen LogP contribution >= 0.6 is 0 Å². The Kier molecular flexibility index (Phi) is 2.38. The summed E-state index contributed by atoms with van der Waals surface area (Å²) in [6.45, 7) is 4.08. The van der Waals surface area contributed by atoms with Crippen molar-refractivity contribution in [2.45, 2.75) is 19.8 Å². The van der Waals surface area contributed by atoms with Crippen molar-refractivity contribution in [2.75, 3.05) is 0 Å². The van der Waals surface area contributed by atoms with Crippen LogP contribution in [0.25, 0.3) is 11.2 Å². The number of hydrogen-bond donors (Lipinski definition) is 1. The lowest BCUT2D eigenvalue weighted by atomic mass is 10.2. The summed E-state index contributed by atoms with van der Waals surface area (Å²) >= 11 is 0. The Morgan fingerprint density at radius 2 is 2.19 bits per heavy atom. The van der Waals surface area contributed by atoms with E-state index in [9.17, 15) is 4.79 Å². The van der Waals surface area contributed by atoms with Gasteiger partial charge in [-0.25, -0.2) is 14.8 Å². The van der Waals surface area contributed by atoms with Crippen molar-refractivity contribution in [1.82, 2.24) is 14.5 Å². The van der Waals surface area contributed by atoms with Crippen LogP contribution in [-0.4, -0.2) is 25.6 Å². The highest BCUT2D eigenvalue weighted by atomic mass is 16.4. The Morgan fingerprint density at radius 3 is 2.75 bits per heavy atom. The fourth-order valence-electron chi connectivity index (χ4n) is 1.73. The summed E-state index contributed by atoms with van der Waals surface area (Å²) in [5, 5.41) is 8.85. The number of nitrogens with zero attached hydrogens (tertiary/aromatic N) is 3. The number of imidazole rings is 1. The maximum atomic E-state index is 10.8. The van der Waals surface area contributed by atoms with E-state index in [-0.39, 0.29) is 11.5 Å². The molecule has 0 spiro atoms. The summed E-state index contributed by atoms with van der Waals surface area (Å²) in [5.74, 6) is 0.212. The summed E-state index contributed by atoms with van der Waals surface area (Å²) in [6, 6.07) is 1.55. The second-order valence-corrected chi connectivity index (χ2v) is 4.06. The Labute approximate surface area is 92.8 Å². The van der Waals surface area contributed by atoms with E-state index < -0.39 is 5.97 Å². The van der Waals surface area contributed by atoms with Crippen molar-refractivity contribution in [3.63, 3.8) is 0 Å². The molecular weight excluding hydrogens is 206 g/mol. The van der Waals surface area contributed by atoms with Crippen LogP contribution in [0, 0.1) is 0 Å². The molecule has 84 valence electrons. The van der Waals surface area contributed by atoms with Gasteiger partial charge in [0.15, 0.2) is 5.65 Å². The predicted octanol–water partition coefficient (Wildman–Crippen LogP) is 1.79. The third-order valence-electron chi connectivity index (χ3n) is 2.51. The van der Waals surface area contributed by atoms with Gasteiger partial charge in [-0.2, -0.15) is 0 Å². The van der Waals surface area contributed by atoms with E-state index in [0.717, 1.165) is 5.82 Å². The SMILES string of the molecule is CC(C)c1nc2cc(C(=O)O)cnc2n1C. The van der Waals surface area contributed by atoms with Crippen LogP contribution in [0.4, 0.5) is 0 Å². The average Bonchev–Trinajstić information content (AvgIpc) is 2.55. The van der Waals surface area contributed by atoms with Gasteiger partial charge in [-0.15, -0.1) is 0 Å². The molecule has 0 aromatic carbocycles. The normalized spacial score (nSPS) is 11.2. The number of aromatic nitrogens is 3. The Hall–Kier alpha value is -1.91. The number of pyridine rings is 1. The molecule has 0 saturated carbocycles. The molecule has 0 radical (unpaired) electrons. The molecule has 2 rings (SSSR count). The number of carboxylic acids is 1. The van der Waals surface area contributed by atoms with Gasteiger partial charge in [-0.05, 0) is 6.07 Å². The van der Waals surface area contributed by atoms with Crippen molar-refractivity contribution >= 4 is 17.1 Å². The predicted molar refractivity (Wildman–Crippen MR) is 59.6 cm³/mol. The summed E-state index contributed by atoms with van der Waals surface area (Å²) in [7, 11) is 1.89. The molecule has 0 atom stereocenters. The van der Waals surface area contributed by atoms with E-state index in [1.54, 1.807) is 6.07 Å². The molecule has 0 saturated heterocycles. The van der Waals surface area contributed by atoms with E-state index in [0.29, 0.717) is 11.2 Å². The lowest BCUT2D eigenvalue weighted by molar-refractivity contribution is 0.0696. The molecule has 0 aliphatic carbocycles. The lowest BCUT2D eigenvalue weighted by Gasteiger charge is -2.03. The van der Waals surface area contributed by atoms with Gasteiger partial charge in [-0.3, -0.25) is 0 Å². The highest BCUT2D eigenvalue weighted by Gasteiger charge is 2.13. The standard InChI is InChI=1S/C11H13N3O2/c1-6(2)9-13-8-4-7(11(15)16)5-12-10(8)14(9)3/h4-6H,1-3H3,(H,15,16). The van der Waals surface area contributed by atoms with Gasteiger partial charge in [0, 0.05) is 19.2 Å². The van der Waals surface area contributed by atoms with Crippen molar-refractivity contribution in [3.8, 4) is 0 Å². The van der Waals surface area contributed by atoms with E-state index in [1.165, 1.54) is 6.20 Å². The van der Waals surface area contributed by atoms with Crippen LogP contribution in [-0.2, 0) is 7.05 Å². The van der Waals surface area contributed by atoms with Gasteiger partial charge in [-0.1, -0.05) is 13.8 Å². The first kappa shape index (κ1) is 10.6. The molecule has 2 aromatic rings. The number of fused-ring (bicyclic) bond motifs is 1. The maximum Gasteiger partial charge on any atom is 0.337 e. The van der Waals surface area contributed by atoms with E-state index in [1.807, 2.05) is 25.5 Å². The van der Waals surface area contributed by atoms with Gasteiger partial charge < -0.3 is 9.67 Å². The highest BCUT2D eigenvalue weighted by molar-refractivity contribution is 5.90. The number of aromatic carboxylic acids is 1. The van der Waals surface area contributed by atoms with Gasteiger partial charge in [0.25, 0.3) is 0 Å². The zero-order valence-electron chi connectivity index (χ0n) is 9.43. The monoisotopic (exact) mass is 219 g/mol. The van der Waals surface area contributed by atoms with Crippen LogP contribution in [0.2, 0.25) is 0 Å². The van der Waals surface area contributed by atoms with Crippen molar-refractivity contribution < 1.29 is 9.90 Å². The fraction of sp³-hybridized carbons (Fsp3) is 0.364. The molecular formula is C11H13N3O2. The van der Waals surface area contributed by atoms with Crippen LogP contribution < -0.4 is 0 Å². The summed E-state index contributed by atoms with van der Waals surface area (Å²) in [4.78, 5) is 19.3.